The van der Waals surface area contributed by atoms with Crippen LogP contribution in [0.15, 0.2) is 31.1 Å². The van der Waals surface area contributed by atoms with Crippen molar-refractivity contribution in [3.63, 3.8) is 0 Å². The van der Waals surface area contributed by atoms with Crippen LogP contribution in [-0.2, 0) is 4.79 Å². The number of rotatable bonds is 6. The fourth-order valence-electron chi connectivity index (χ4n) is 1.92. The summed E-state index contributed by atoms with van der Waals surface area (Å²) < 4.78 is 1.98. The number of nitrogens with one attached hydrogen (secondary N) is 2. The molecule has 0 saturated heterocycles. The minimum Gasteiger partial charge on any atom is -0.334 e. The largest absolute Gasteiger partial charge is 0.334 e. The number of hydrogen-bond acceptors (Lipinski definition) is 3. The predicted molar refractivity (Wildman–Crippen MR) is 68.0 cm³/mol. The molecule has 2 aromatic rings. The zero-order valence-corrected chi connectivity index (χ0v) is 10.3. The molecule has 96 valence electrons. The molecule has 18 heavy (non-hydrogen) atoms. The number of carbonyl (C=O) groups excluding carboxylic acids is 1. The van der Waals surface area contributed by atoms with Crippen LogP contribution in [0, 0.1) is 0 Å². The summed E-state index contributed by atoms with van der Waals surface area (Å²) in [5.74, 6) is -0.0106. The summed E-state index contributed by atoms with van der Waals surface area (Å²) in [6.07, 6.45) is 11.0. The molecule has 1 unspecified atom stereocenters. The monoisotopic (exact) mass is 247 g/mol. The van der Waals surface area contributed by atoms with Gasteiger partial charge in [0.05, 0.1) is 18.2 Å². The number of imidazole rings is 1. The van der Waals surface area contributed by atoms with Gasteiger partial charge < -0.3 is 9.88 Å². The molecule has 0 spiro atoms. The Labute approximate surface area is 105 Å². The third-order valence-electron chi connectivity index (χ3n) is 2.77. The Morgan fingerprint density at radius 3 is 3.11 bits per heavy atom. The Balaban J connectivity index is 1.94. The van der Waals surface area contributed by atoms with Crippen LogP contribution < -0.4 is 5.32 Å². The average Bonchev–Trinajstić information content (AvgIpc) is 3.00. The van der Waals surface area contributed by atoms with Gasteiger partial charge in [-0.2, -0.15) is 5.10 Å². The molecule has 0 bridgehead atoms. The Bertz CT molecular complexity index is 463. The lowest BCUT2D eigenvalue weighted by Gasteiger charge is -2.16. The van der Waals surface area contributed by atoms with Crippen LogP contribution >= 0.6 is 0 Å². The summed E-state index contributed by atoms with van der Waals surface area (Å²) in [5, 5.41) is 9.25. The second-order valence-corrected chi connectivity index (χ2v) is 4.19. The van der Waals surface area contributed by atoms with Crippen LogP contribution in [-0.4, -0.2) is 25.7 Å². The molecule has 6 heteroatoms. The number of anilines is 1. The van der Waals surface area contributed by atoms with Gasteiger partial charge in [0.15, 0.2) is 0 Å². The summed E-state index contributed by atoms with van der Waals surface area (Å²) in [5.41, 5.74) is 0.695. The van der Waals surface area contributed by atoms with E-state index in [0.717, 1.165) is 12.8 Å². The van der Waals surface area contributed by atoms with E-state index in [2.05, 4.69) is 27.4 Å². The number of nitrogens with zero attached hydrogens (tertiary/aromatic N) is 3. The van der Waals surface area contributed by atoms with Crippen LogP contribution in [0.4, 0.5) is 5.69 Å². The van der Waals surface area contributed by atoms with Gasteiger partial charge >= 0.3 is 0 Å². The van der Waals surface area contributed by atoms with Gasteiger partial charge in [-0.05, 0) is 6.42 Å². The second kappa shape index (κ2) is 6.00. The standard InChI is InChI=1S/C12H17N5O/c1-2-3-11(17-5-4-13-9-17)6-12(18)16-10-7-14-15-8-10/h4-5,7-9,11H,2-3,6H2,1H3,(H,14,15)(H,16,18). The van der Waals surface area contributed by atoms with Gasteiger partial charge in [-0.15, -0.1) is 0 Å². The molecule has 2 N–H and O–H groups in total. The number of aromatic amines is 1. The normalized spacial score (nSPS) is 12.3. The molecule has 1 atom stereocenters. The van der Waals surface area contributed by atoms with Crippen molar-refractivity contribution in [2.45, 2.75) is 32.2 Å². The quantitative estimate of drug-likeness (QED) is 0.819. The third-order valence-corrected chi connectivity index (χ3v) is 2.77. The molecule has 0 aliphatic carbocycles. The van der Waals surface area contributed by atoms with Gasteiger partial charge in [0.1, 0.15) is 0 Å². The molecule has 0 aromatic carbocycles. The highest BCUT2D eigenvalue weighted by molar-refractivity contribution is 5.90. The van der Waals surface area contributed by atoms with E-state index in [0.29, 0.717) is 12.1 Å². The molecule has 0 aliphatic heterocycles. The molecule has 2 rings (SSSR count). The van der Waals surface area contributed by atoms with Crippen molar-refractivity contribution in [1.82, 2.24) is 19.7 Å². The minimum atomic E-state index is -0.0106. The first-order valence-corrected chi connectivity index (χ1v) is 6.05. The van der Waals surface area contributed by atoms with E-state index < -0.39 is 0 Å². The average molecular weight is 247 g/mol. The highest BCUT2D eigenvalue weighted by Crippen LogP contribution is 2.18. The lowest BCUT2D eigenvalue weighted by atomic mass is 10.1. The van der Waals surface area contributed by atoms with Crippen molar-refractivity contribution in [3.05, 3.63) is 31.1 Å². The van der Waals surface area contributed by atoms with E-state index in [4.69, 9.17) is 0 Å². The van der Waals surface area contributed by atoms with Crippen LogP contribution in [0.1, 0.15) is 32.2 Å². The molecule has 6 nitrogen and oxygen atoms in total. The van der Waals surface area contributed by atoms with Crippen molar-refractivity contribution in [3.8, 4) is 0 Å². The molecule has 0 radical (unpaired) electrons. The van der Waals surface area contributed by atoms with E-state index in [-0.39, 0.29) is 11.9 Å². The van der Waals surface area contributed by atoms with Gasteiger partial charge in [0, 0.05) is 31.1 Å². The molecule has 0 aliphatic rings. The van der Waals surface area contributed by atoms with Crippen LogP contribution in [0.25, 0.3) is 0 Å². The minimum absolute atomic E-state index is 0.0106. The van der Waals surface area contributed by atoms with Crippen molar-refractivity contribution in [2.75, 3.05) is 5.32 Å². The summed E-state index contributed by atoms with van der Waals surface area (Å²) >= 11 is 0. The van der Waals surface area contributed by atoms with E-state index in [9.17, 15) is 4.79 Å². The number of amides is 1. The van der Waals surface area contributed by atoms with E-state index in [1.165, 1.54) is 0 Å². The fraction of sp³-hybridized carbons (Fsp3) is 0.417. The Morgan fingerprint density at radius 2 is 2.50 bits per heavy atom. The summed E-state index contributed by atoms with van der Waals surface area (Å²) in [6, 6.07) is 0.157. The van der Waals surface area contributed by atoms with E-state index >= 15 is 0 Å². The maximum atomic E-state index is 11.9. The zero-order chi connectivity index (χ0) is 12.8. The third kappa shape index (κ3) is 3.19. The molecular weight excluding hydrogens is 230 g/mol. The molecule has 0 fully saturated rings. The Morgan fingerprint density at radius 1 is 1.61 bits per heavy atom. The lowest BCUT2D eigenvalue weighted by Crippen LogP contribution is -2.18. The maximum Gasteiger partial charge on any atom is 0.226 e. The van der Waals surface area contributed by atoms with Gasteiger partial charge in [-0.1, -0.05) is 13.3 Å². The first kappa shape index (κ1) is 12.3. The Kier molecular flexibility index (Phi) is 4.11. The highest BCUT2D eigenvalue weighted by Gasteiger charge is 2.14. The summed E-state index contributed by atoms with van der Waals surface area (Å²) in [7, 11) is 0. The molecule has 1 amide bonds. The number of aromatic nitrogens is 4. The highest BCUT2D eigenvalue weighted by atomic mass is 16.1. The summed E-state index contributed by atoms with van der Waals surface area (Å²) in [6.45, 7) is 2.11. The lowest BCUT2D eigenvalue weighted by molar-refractivity contribution is -0.117. The predicted octanol–water partition coefficient (Wildman–Crippen LogP) is 1.98. The van der Waals surface area contributed by atoms with Crippen LogP contribution in [0.3, 0.4) is 0 Å². The number of hydrogen-bond donors (Lipinski definition) is 2. The molecule has 2 heterocycles. The summed E-state index contributed by atoms with van der Waals surface area (Å²) in [4.78, 5) is 15.9. The number of H-pyrrole nitrogens is 1. The van der Waals surface area contributed by atoms with Gasteiger partial charge in [-0.3, -0.25) is 9.89 Å². The second-order valence-electron chi connectivity index (χ2n) is 4.19. The van der Waals surface area contributed by atoms with Gasteiger partial charge in [0.2, 0.25) is 5.91 Å². The first-order valence-electron chi connectivity index (χ1n) is 6.05. The van der Waals surface area contributed by atoms with Crippen LogP contribution in [0.2, 0.25) is 0 Å². The van der Waals surface area contributed by atoms with Crippen LogP contribution in [0.5, 0.6) is 0 Å². The van der Waals surface area contributed by atoms with Gasteiger partial charge in [0.25, 0.3) is 0 Å². The first-order chi connectivity index (χ1) is 8.79. The number of carbonyl (C=O) groups is 1. The molecule has 2 aromatic heterocycles. The van der Waals surface area contributed by atoms with Gasteiger partial charge in [-0.25, -0.2) is 4.98 Å². The molecular formula is C12H17N5O. The smallest absolute Gasteiger partial charge is 0.226 e. The van der Waals surface area contributed by atoms with E-state index in [1.54, 1.807) is 24.9 Å². The topological polar surface area (TPSA) is 75.6 Å². The van der Waals surface area contributed by atoms with Crippen molar-refractivity contribution < 1.29 is 4.79 Å². The SMILES string of the molecule is CCCC(CC(=O)Nc1cn[nH]c1)n1ccnc1. The maximum absolute atomic E-state index is 11.9. The van der Waals surface area contributed by atoms with Crippen molar-refractivity contribution in [2.24, 2.45) is 0 Å². The van der Waals surface area contributed by atoms with Crippen molar-refractivity contribution >= 4 is 11.6 Å². The fourth-order valence-corrected chi connectivity index (χ4v) is 1.92. The molecule has 0 saturated carbocycles. The van der Waals surface area contributed by atoms with Crippen molar-refractivity contribution in [1.29, 1.82) is 0 Å². The van der Waals surface area contributed by atoms with E-state index in [1.807, 2.05) is 10.8 Å². The zero-order valence-electron chi connectivity index (χ0n) is 10.3. The Hall–Kier alpha value is -2.11.